The van der Waals surface area contributed by atoms with E-state index in [0.717, 1.165) is 74.5 Å². The average Bonchev–Trinajstić information content (AvgIpc) is 3.66. The van der Waals surface area contributed by atoms with Crippen LogP contribution >= 0.6 is 0 Å². The van der Waals surface area contributed by atoms with Gasteiger partial charge in [0.05, 0.1) is 39.6 Å². The Morgan fingerprint density at radius 3 is 1.66 bits per heavy atom. The molecule has 4 nitrogen and oxygen atoms in total. The van der Waals surface area contributed by atoms with E-state index in [1.54, 1.807) is 0 Å². The summed E-state index contributed by atoms with van der Waals surface area (Å²) >= 11 is 0. The number of para-hydroxylation sites is 1. The molecule has 3 aliphatic carbocycles. The third-order valence-corrected chi connectivity index (χ3v) is 16.5. The summed E-state index contributed by atoms with van der Waals surface area (Å²) in [7, 11) is 0. The molecule has 2 aromatic heterocycles. The maximum Gasteiger partial charge on any atom is 0.0729 e. The van der Waals surface area contributed by atoms with Crippen molar-refractivity contribution in [1.82, 2.24) is 9.97 Å². The van der Waals surface area contributed by atoms with E-state index in [0.29, 0.717) is 0 Å². The SMILES string of the molecule is C=C(/C=C\C=C/Cc1ccccc1)N(c1ccc2c(c1)C(C)(C)c1c-2cc(N(c2ccccc2-c2ccccc2)c2ccc(C)nc2C)c2c1C1(c3ccccc3-c3ccccc31)c1ccccc1-2)c1ccc(C)nc1C. The number of rotatable bonds is 11. The van der Waals surface area contributed by atoms with E-state index in [9.17, 15) is 0 Å². The first-order chi connectivity index (χ1) is 37.5. The van der Waals surface area contributed by atoms with Crippen molar-refractivity contribution in [2.45, 2.75) is 58.8 Å². The maximum atomic E-state index is 5.20. The second kappa shape index (κ2) is 18.6. The minimum atomic E-state index is -0.629. The fraction of sp³-hybridized carbons (Fsp3) is 0.123. The van der Waals surface area contributed by atoms with Crippen LogP contribution in [0.4, 0.5) is 28.4 Å². The molecule has 0 bridgehead atoms. The van der Waals surface area contributed by atoms with Crippen molar-refractivity contribution in [3.63, 3.8) is 0 Å². The molecule has 0 unspecified atom stereocenters. The van der Waals surface area contributed by atoms with Crippen molar-refractivity contribution in [2.75, 3.05) is 9.80 Å². The fourth-order valence-corrected chi connectivity index (χ4v) is 13.2. The Hall–Kier alpha value is -9.12. The molecule has 10 aromatic rings. The van der Waals surface area contributed by atoms with Crippen molar-refractivity contribution in [2.24, 2.45) is 0 Å². The minimum absolute atomic E-state index is 0.470. The van der Waals surface area contributed by atoms with E-state index < -0.39 is 10.8 Å². The molecule has 0 aliphatic heterocycles. The van der Waals surface area contributed by atoms with Crippen molar-refractivity contribution >= 4 is 28.4 Å². The second-order valence-electron chi connectivity index (χ2n) is 21.4. The monoisotopic (exact) mass is 992 g/mol. The number of hydrogen-bond acceptors (Lipinski definition) is 4. The molecule has 1 spiro atoms. The third kappa shape index (κ3) is 7.49. The lowest BCUT2D eigenvalue weighted by molar-refractivity contribution is 0.636. The Morgan fingerprint density at radius 2 is 1.01 bits per heavy atom. The van der Waals surface area contributed by atoms with E-state index >= 15 is 0 Å². The van der Waals surface area contributed by atoms with Crippen LogP contribution in [0.5, 0.6) is 0 Å². The van der Waals surface area contributed by atoms with Crippen LogP contribution in [0.25, 0.3) is 44.5 Å². The number of allylic oxidation sites excluding steroid dienone is 4. The first-order valence-corrected chi connectivity index (χ1v) is 26.9. The topological polar surface area (TPSA) is 32.3 Å². The maximum absolute atomic E-state index is 5.20. The zero-order valence-corrected chi connectivity index (χ0v) is 44.6. The molecule has 0 N–H and O–H groups in total. The molecule has 77 heavy (non-hydrogen) atoms. The van der Waals surface area contributed by atoms with Gasteiger partial charge in [0.15, 0.2) is 0 Å². The van der Waals surface area contributed by atoms with Gasteiger partial charge in [0.2, 0.25) is 0 Å². The van der Waals surface area contributed by atoms with Gasteiger partial charge < -0.3 is 9.80 Å². The summed E-state index contributed by atoms with van der Waals surface area (Å²) in [5.41, 5.74) is 27.9. The summed E-state index contributed by atoms with van der Waals surface area (Å²) < 4.78 is 0. The minimum Gasteiger partial charge on any atom is -0.309 e. The summed E-state index contributed by atoms with van der Waals surface area (Å²) in [6.07, 6.45) is 9.41. The number of nitrogens with zero attached hydrogens (tertiary/aromatic N) is 4. The van der Waals surface area contributed by atoms with Crippen LogP contribution in [-0.4, -0.2) is 9.97 Å². The standard InChI is InChI=1S/C73H60N4/c1-47-39-43-65(50(4)74-47)76(49(3)25-11-8-12-26-52-27-13-9-14-28-52)54-41-42-58-60-46-68(77(66-44-40-48(2)75-51(66)5)67-38-24-20-31-55(67)53-29-15-10-16-30-53)69-59-34-19-23-37-63(59)73(71(69)70(60)72(6,7)64(58)45-54)61-35-21-17-32-56(61)57-33-18-22-36-62(57)73/h8-25,27-46H,3,26H2,1-2,4-7H3/b12-8-,25-11-. The molecular formula is C73H60N4. The lowest BCUT2D eigenvalue weighted by Crippen LogP contribution is -2.30. The highest BCUT2D eigenvalue weighted by Gasteiger charge is 2.56. The zero-order valence-electron chi connectivity index (χ0n) is 44.6. The Bertz CT molecular complexity index is 4020. The van der Waals surface area contributed by atoms with Gasteiger partial charge in [-0.05, 0) is 161 Å². The van der Waals surface area contributed by atoms with Gasteiger partial charge in [-0.15, -0.1) is 0 Å². The molecule has 372 valence electrons. The smallest absolute Gasteiger partial charge is 0.0729 e. The second-order valence-corrected chi connectivity index (χ2v) is 21.4. The predicted octanol–water partition coefficient (Wildman–Crippen LogP) is 18.5. The third-order valence-electron chi connectivity index (χ3n) is 16.5. The van der Waals surface area contributed by atoms with E-state index in [4.69, 9.17) is 16.5 Å². The van der Waals surface area contributed by atoms with Crippen molar-refractivity contribution in [3.8, 4) is 44.5 Å². The summed E-state index contributed by atoms with van der Waals surface area (Å²) in [6.45, 7) is 18.1. The number of pyridine rings is 2. The van der Waals surface area contributed by atoms with Crippen LogP contribution in [0.3, 0.4) is 0 Å². The number of anilines is 5. The van der Waals surface area contributed by atoms with E-state index in [2.05, 4.69) is 282 Å². The molecular weight excluding hydrogens is 933 g/mol. The molecule has 0 atom stereocenters. The molecule has 0 saturated carbocycles. The van der Waals surface area contributed by atoms with Crippen molar-refractivity contribution < 1.29 is 0 Å². The highest BCUT2D eigenvalue weighted by molar-refractivity contribution is 6.07. The van der Waals surface area contributed by atoms with E-state index in [1.807, 2.05) is 0 Å². The zero-order chi connectivity index (χ0) is 52.6. The normalized spacial score (nSPS) is 13.8. The van der Waals surface area contributed by atoms with Crippen LogP contribution in [0.15, 0.2) is 243 Å². The van der Waals surface area contributed by atoms with Gasteiger partial charge >= 0.3 is 0 Å². The average molecular weight is 993 g/mol. The van der Waals surface area contributed by atoms with Gasteiger partial charge in [-0.2, -0.15) is 0 Å². The summed E-state index contributed by atoms with van der Waals surface area (Å²) in [4.78, 5) is 15.0. The lowest BCUT2D eigenvalue weighted by atomic mass is 9.66. The van der Waals surface area contributed by atoms with Crippen LogP contribution in [-0.2, 0) is 17.3 Å². The largest absolute Gasteiger partial charge is 0.309 e. The number of fused-ring (bicyclic) bond motifs is 14. The van der Waals surface area contributed by atoms with E-state index in [1.165, 1.54) is 72.3 Å². The number of aryl methyl sites for hydroxylation is 4. The molecule has 2 heterocycles. The molecule has 8 aromatic carbocycles. The molecule has 0 radical (unpaired) electrons. The van der Waals surface area contributed by atoms with Crippen LogP contribution in [0, 0.1) is 27.7 Å². The van der Waals surface area contributed by atoms with Crippen LogP contribution < -0.4 is 9.80 Å². The summed E-state index contributed by atoms with van der Waals surface area (Å²) in [6, 6.07) is 76.3. The van der Waals surface area contributed by atoms with Gasteiger partial charge in [-0.1, -0.05) is 196 Å². The predicted molar refractivity (Wildman–Crippen MR) is 321 cm³/mol. The number of hydrogen-bond donors (Lipinski definition) is 0. The summed E-state index contributed by atoms with van der Waals surface area (Å²) in [5, 5.41) is 0. The molecule has 0 saturated heterocycles. The Balaban J connectivity index is 1.09. The van der Waals surface area contributed by atoms with E-state index in [-0.39, 0.29) is 0 Å². The Labute approximate surface area is 453 Å². The molecule has 3 aliphatic rings. The first kappa shape index (κ1) is 47.6. The lowest BCUT2D eigenvalue weighted by Gasteiger charge is -2.37. The Morgan fingerprint density at radius 1 is 0.468 bits per heavy atom. The van der Waals surface area contributed by atoms with Crippen molar-refractivity contribution in [3.05, 3.63) is 305 Å². The number of aromatic nitrogens is 2. The van der Waals surface area contributed by atoms with Gasteiger partial charge in [-0.3, -0.25) is 9.97 Å². The van der Waals surface area contributed by atoms with Gasteiger partial charge in [0.25, 0.3) is 0 Å². The molecule has 4 heteroatoms. The first-order valence-electron chi connectivity index (χ1n) is 26.9. The van der Waals surface area contributed by atoms with Crippen LogP contribution in [0.2, 0.25) is 0 Å². The highest BCUT2D eigenvalue weighted by atomic mass is 15.2. The molecule has 0 fully saturated rings. The van der Waals surface area contributed by atoms with Gasteiger partial charge in [0.1, 0.15) is 0 Å². The molecule has 0 amide bonds. The molecule has 13 rings (SSSR count). The summed E-state index contributed by atoms with van der Waals surface area (Å²) in [5.74, 6) is 0. The highest BCUT2D eigenvalue weighted by Crippen LogP contribution is 2.69. The van der Waals surface area contributed by atoms with Crippen molar-refractivity contribution in [1.29, 1.82) is 0 Å². The Kier molecular flexibility index (Phi) is 11.5. The van der Waals surface area contributed by atoms with Gasteiger partial charge in [0, 0.05) is 39.3 Å². The number of benzene rings is 8. The van der Waals surface area contributed by atoms with Crippen LogP contribution in [0.1, 0.15) is 75.6 Å². The quantitative estimate of drug-likeness (QED) is 0.121. The fourth-order valence-electron chi connectivity index (χ4n) is 13.2. The van der Waals surface area contributed by atoms with Gasteiger partial charge in [-0.25, -0.2) is 0 Å².